The minimum absolute atomic E-state index is 0.983. The van der Waals surface area contributed by atoms with E-state index in [-0.39, 0.29) is 0 Å². The Morgan fingerprint density at radius 3 is 1.14 bits per heavy atom. The standard InChI is InChI=1S/C10H12F10N/c1-5(2)21-6(3-7(11,12)9(15,16)17)4-8(13,14)10(18,19)20/h5-6H,3-4H2,1-2H3/q-1. The lowest BCUT2D eigenvalue weighted by molar-refractivity contribution is -0.296. The van der Waals surface area contributed by atoms with Gasteiger partial charge in [0.1, 0.15) is 0 Å². The molecule has 0 spiro atoms. The van der Waals surface area contributed by atoms with Crippen molar-refractivity contribution >= 4 is 0 Å². The lowest BCUT2D eigenvalue weighted by Gasteiger charge is -2.40. The highest BCUT2D eigenvalue weighted by Gasteiger charge is 2.60. The third-order valence-electron chi connectivity index (χ3n) is 2.32. The van der Waals surface area contributed by atoms with Gasteiger partial charge in [0.05, 0.1) is 0 Å². The largest absolute Gasteiger partial charge is 0.657 e. The molecule has 0 aromatic carbocycles. The summed E-state index contributed by atoms with van der Waals surface area (Å²) in [6.45, 7) is 2.31. The smallest absolute Gasteiger partial charge is 0.453 e. The van der Waals surface area contributed by atoms with Crippen molar-refractivity contribution in [2.75, 3.05) is 0 Å². The second kappa shape index (κ2) is 6.17. The fourth-order valence-electron chi connectivity index (χ4n) is 1.42. The monoisotopic (exact) mass is 336 g/mol. The molecule has 0 aliphatic carbocycles. The number of hydrogen-bond donors (Lipinski definition) is 0. The fourth-order valence-corrected chi connectivity index (χ4v) is 1.42. The van der Waals surface area contributed by atoms with Crippen LogP contribution in [0.3, 0.4) is 0 Å². The SMILES string of the molecule is CC(C)[N-]C(CC(F)(F)C(F)(F)F)CC(F)(F)C(F)(F)F. The second-order valence-electron chi connectivity index (χ2n) is 4.71. The summed E-state index contributed by atoms with van der Waals surface area (Å²) in [7, 11) is 0. The minimum atomic E-state index is -6.05. The van der Waals surface area contributed by atoms with E-state index in [0.29, 0.717) is 0 Å². The molecule has 0 aromatic heterocycles. The van der Waals surface area contributed by atoms with E-state index < -0.39 is 49.1 Å². The molecule has 0 unspecified atom stereocenters. The topological polar surface area (TPSA) is 14.1 Å². The summed E-state index contributed by atoms with van der Waals surface area (Å²) < 4.78 is 123. The molecule has 0 radical (unpaired) electrons. The van der Waals surface area contributed by atoms with Gasteiger partial charge < -0.3 is 5.32 Å². The quantitative estimate of drug-likeness (QED) is 0.584. The Bertz CT molecular complexity index is 302. The summed E-state index contributed by atoms with van der Waals surface area (Å²) in [5.41, 5.74) is 0. The maximum Gasteiger partial charge on any atom is 0.453 e. The Kier molecular flexibility index (Phi) is 5.95. The van der Waals surface area contributed by atoms with Crippen LogP contribution in [0, 0.1) is 0 Å². The molecule has 0 atom stereocenters. The highest BCUT2D eigenvalue weighted by molar-refractivity contribution is 5.02. The summed E-state index contributed by atoms with van der Waals surface area (Å²) in [5.74, 6) is -10.8. The Labute approximate surface area is 113 Å². The molecule has 0 fully saturated rings. The van der Waals surface area contributed by atoms with E-state index in [0.717, 1.165) is 13.8 Å². The molecule has 0 bridgehead atoms. The van der Waals surface area contributed by atoms with Crippen LogP contribution in [-0.4, -0.2) is 36.3 Å². The molecule has 21 heavy (non-hydrogen) atoms. The highest BCUT2D eigenvalue weighted by Crippen LogP contribution is 2.45. The molecule has 0 saturated heterocycles. The molecular weight excluding hydrogens is 324 g/mol. The first-order valence-corrected chi connectivity index (χ1v) is 5.58. The maximum absolute atomic E-state index is 12.8. The molecular formula is C10H12F10N-. The average Bonchev–Trinajstić information content (AvgIpc) is 2.09. The first kappa shape index (κ1) is 20.3. The van der Waals surface area contributed by atoms with E-state index in [9.17, 15) is 43.9 Å². The van der Waals surface area contributed by atoms with Gasteiger partial charge in [-0.1, -0.05) is 13.8 Å². The van der Waals surface area contributed by atoms with Gasteiger partial charge >= 0.3 is 24.2 Å². The zero-order valence-corrected chi connectivity index (χ0v) is 10.8. The zero-order valence-electron chi connectivity index (χ0n) is 10.8. The lowest BCUT2D eigenvalue weighted by Crippen LogP contribution is -2.44. The molecule has 0 rings (SSSR count). The van der Waals surface area contributed by atoms with Crippen molar-refractivity contribution in [3.63, 3.8) is 0 Å². The zero-order chi connectivity index (χ0) is 17.3. The van der Waals surface area contributed by atoms with Crippen LogP contribution < -0.4 is 0 Å². The summed E-state index contributed by atoms with van der Waals surface area (Å²) in [5, 5.41) is 3.11. The van der Waals surface area contributed by atoms with Gasteiger partial charge in [-0.05, 0) is 0 Å². The van der Waals surface area contributed by atoms with Gasteiger partial charge in [-0.3, -0.25) is 0 Å². The molecule has 0 aliphatic heterocycles. The molecule has 0 aliphatic rings. The van der Waals surface area contributed by atoms with Crippen LogP contribution in [-0.2, 0) is 0 Å². The number of rotatable bonds is 6. The third kappa shape index (κ3) is 5.87. The minimum Gasteiger partial charge on any atom is -0.657 e. The number of hydrogen-bond acceptors (Lipinski definition) is 0. The van der Waals surface area contributed by atoms with Crippen LogP contribution >= 0.6 is 0 Å². The van der Waals surface area contributed by atoms with Crippen LogP contribution in [0.1, 0.15) is 26.7 Å². The maximum atomic E-state index is 12.8. The summed E-state index contributed by atoms with van der Waals surface area (Å²) >= 11 is 0. The molecule has 0 aromatic rings. The molecule has 0 amide bonds. The van der Waals surface area contributed by atoms with Crippen molar-refractivity contribution in [1.29, 1.82) is 0 Å². The van der Waals surface area contributed by atoms with Crippen LogP contribution in [0.2, 0.25) is 0 Å². The fraction of sp³-hybridized carbons (Fsp3) is 1.00. The van der Waals surface area contributed by atoms with E-state index in [2.05, 4.69) is 5.32 Å². The molecule has 128 valence electrons. The van der Waals surface area contributed by atoms with Crippen LogP contribution in [0.25, 0.3) is 5.32 Å². The van der Waals surface area contributed by atoms with Crippen LogP contribution in [0.5, 0.6) is 0 Å². The van der Waals surface area contributed by atoms with E-state index in [1.54, 1.807) is 0 Å². The molecule has 0 saturated carbocycles. The molecule has 11 heteroatoms. The summed E-state index contributed by atoms with van der Waals surface area (Å²) in [4.78, 5) is 0. The van der Waals surface area contributed by atoms with Crippen molar-refractivity contribution < 1.29 is 43.9 Å². The number of nitrogens with zero attached hydrogens (tertiary/aromatic N) is 1. The Morgan fingerprint density at radius 2 is 0.952 bits per heavy atom. The lowest BCUT2D eigenvalue weighted by atomic mass is 9.99. The van der Waals surface area contributed by atoms with Crippen molar-refractivity contribution in [2.24, 2.45) is 0 Å². The van der Waals surface area contributed by atoms with Crippen LogP contribution in [0.4, 0.5) is 43.9 Å². The Balaban J connectivity index is 5.16. The van der Waals surface area contributed by atoms with Crippen molar-refractivity contribution in [1.82, 2.24) is 0 Å². The van der Waals surface area contributed by atoms with E-state index >= 15 is 0 Å². The van der Waals surface area contributed by atoms with Gasteiger partial charge in [0.15, 0.2) is 0 Å². The Morgan fingerprint density at radius 1 is 0.667 bits per heavy atom. The van der Waals surface area contributed by atoms with Crippen molar-refractivity contribution in [3.8, 4) is 0 Å². The summed E-state index contributed by atoms with van der Waals surface area (Å²) in [6, 6.07) is -3.47. The van der Waals surface area contributed by atoms with Gasteiger partial charge in [0.25, 0.3) is 0 Å². The molecule has 0 N–H and O–H groups in total. The summed E-state index contributed by atoms with van der Waals surface area (Å²) in [6.07, 6.45) is -16.6. The van der Waals surface area contributed by atoms with E-state index in [1.165, 1.54) is 0 Å². The molecule has 0 heterocycles. The van der Waals surface area contributed by atoms with Gasteiger partial charge in [-0.15, -0.1) is 12.1 Å². The van der Waals surface area contributed by atoms with Gasteiger partial charge in [-0.2, -0.15) is 43.9 Å². The second-order valence-corrected chi connectivity index (χ2v) is 4.71. The van der Waals surface area contributed by atoms with Crippen LogP contribution in [0.15, 0.2) is 0 Å². The van der Waals surface area contributed by atoms with Gasteiger partial charge in [0, 0.05) is 12.8 Å². The predicted octanol–water partition coefficient (Wildman–Crippen LogP) is 5.31. The highest BCUT2D eigenvalue weighted by atomic mass is 19.4. The van der Waals surface area contributed by atoms with Crippen molar-refractivity contribution in [3.05, 3.63) is 5.32 Å². The number of halogens is 10. The van der Waals surface area contributed by atoms with E-state index in [4.69, 9.17) is 0 Å². The predicted molar refractivity (Wildman–Crippen MR) is 53.5 cm³/mol. The van der Waals surface area contributed by atoms with Crippen molar-refractivity contribution in [2.45, 2.75) is 63.0 Å². The van der Waals surface area contributed by atoms with Gasteiger partial charge in [0.2, 0.25) is 0 Å². The first-order chi connectivity index (χ1) is 8.99. The first-order valence-electron chi connectivity index (χ1n) is 5.58. The normalized spacial score (nSPS) is 15.1. The third-order valence-corrected chi connectivity index (χ3v) is 2.32. The average molecular weight is 336 g/mol. The number of alkyl halides is 10. The molecule has 1 nitrogen and oxygen atoms in total. The Hall–Kier alpha value is -0.740. The van der Waals surface area contributed by atoms with Gasteiger partial charge in [-0.25, -0.2) is 0 Å². The van der Waals surface area contributed by atoms with E-state index in [1.807, 2.05) is 0 Å².